The lowest BCUT2D eigenvalue weighted by molar-refractivity contribution is -0.138. The van der Waals surface area contributed by atoms with Crippen LogP contribution in [0.1, 0.15) is 20.6 Å². The number of allylic oxidation sites excluding steroid dienone is 1. The molecule has 0 saturated carbocycles. The summed E-state index contributed by atoms with van der Waals surface area (Å²) in [5.74, 6) is -1.60. The molecule has 2 nitrogen and oxygen atoms in total. The number of carboxylic acid groups (broad SMARTS) is 1. The van der Waals surface area contributed by atoms with Crippen LogP contribution in [-0.2, 0) is 4.79 Å². The Morgan fingerprint density at radius 3 is 2.85 bits per heavy atom. The first kappa shape index (κ1) is 6.89. The fraction of sp³-hybridized carbons (Fsp3) is 0.182. The number of carboxylic acids is 1. The van der Waals surface area contributed by atoms with Crippen LogP contribution in [0.3, 0.4) is 0 Å². The molecule has 0 fully saturated rings. The molecule has 0 aliphatic carbocycles. The Kier molecular flexibility index (Phi) is 2.36. The highest BCUT2D eigenvalue weighted by Gasteiger charge is 2.16. The van der Waals surface area contributed by atoms with Crippen LogP contribution in [0.5, 0.6) is 0 Å². The third kappa shape index (κ3) is 2.44. The molecule has 0 aliphatic heterocycles. The molecule has 0 heterocycles. The first-order chi connectivity index (χ1) is 7.11. The average Bonchev–Trinajstić information content (AvgIpc) is 2.18. The Bertz CT molecular complexity index is 356. The molecular formula is C11H12O2. The molecule has 0 spiro atoms. The van der Waals surface area contributed by atoms with E-state index in [0.717, 1.165) is 0 Å². The van der Waals surface area contributed by atoms with E-state index in [0.29, 0.717) is 5.56 Å². The number of hydrogen-bond donors (Lipinski definition) is 1. The van der Waals surface area contributed by atoms with Gasteiger partial charge >= 0.3 is 5.97 Å². The molecule has 1 atom stereocenters. The van der Waals surface area contributed by atoms with Crippen LogP contribution in [0.2, 0.25) is 0 Å². The minimum atomic E-state index is -0.932. The molecule has 2 heteroatoms. The molecule has 1 rings (SSSR count). The fourth-order valence-electron chi connectivity index (χ4n) is 1.18. The van der Waals surface area contributed by atoms with Crippen LogP contribution < -0.4 is 0 Å². The second-order valence-electron chi connectivity index (χ2n) is 2.74. The summed E-state index contributed by atoms with van der Waals surface area (Å²) in [6, 6.07) is 8.84. The fourth-order valence-corrected chi connectivity index (χ4v) is 1.18. The lowest BCUT2D eigenvalue weighted by atomic mass is 9.96. The first-order valence-electron chi connectivity index (χ1n) is 5.02. The summed E-state index contributed by atoms with van der Waals surface area (Å²) in [6.45, 7) is -0.350. The van der Waals surface area contributed by atoms with Gasteiger partial charge in [-0.3, -0.25) is 4.79 Å². The molecule has 0 radical (unpaired) electrons. The Morgan fingerprint density at radius 1 is 1.62 bits per heavy atom. The van der Waals surface area contributed by atoms with Crippen LogP contribution in [0, 0.1) is 0 Å². The Balaban J connectivity index is 2.85. The maximum Gasteiger partial charge on any atom is 0.311 e. The van der Waals surface area contributed by atoms with Gasteiger partial charge in [0.2, 0.25) is 0 Å². The summed E-state index contributed by atoms with van der Waals surface area (Å²) in [7, 11) is 0. The van der Waals surface area contributed by atoms with Crippen LogP contribution in [-0.4, -0.2) is 11.1 Å². The molecular weight excluding hydrogens is 164 g/mol. The highest BCUT2D eigenvalue weighted by atomic mass is 16.4. The summed E-state index contributed by atoms with van der Waals surface area (Å²) < 4.78 is 13.8. The van der Waals surface area contributed by atoms with Crippen molar-refractivity contribution in [3.05, 3.63) is 48.5 Å². The standard InChI is InChI=1S/C11H12O2/c1-2-6-10(11(12)13)9-7-4-3-5-8-9/h2-5,7-8,10H,1,6H2,(H,12,13)/i1D2. The second kappa shape index (κ2) is 4.45. The molecule has 1 aromatic carbocycles. The zero-order valence-corrected chi connectivity index (χ0v) is 7.10. The number of benzene rings is 1. The SMILES string of the molecule is [2H]C([2H])=CCC(C(=O)O)c1ccccc1. The third-order valence-electron chi connectivity index (χ3n) is 1.85. The topological polar surface area (TPSA) is 37.3 Å². The molecule has 0 saturated heterocycles. The van der Waals surface area contributed by atoms with Crippen LogP contribution >= 0.6 is 0 Å². The zero-order chi connectivity index (χ0) is 11.3. The number of rotatable bonds is 4. The van der Waals surface area contributed by atoms with Crippen molar-refractivity contribution in [1.29, 1.82) is 0 Å². The summed E-state index contributed by atoms with van der Waals surface area (Å²) in [6.07, 6.45) is 1.48. The van der Waals surface area contributed by atoms with E-state index in [-0.39, 0.29) is 13.0 Å². The van der Waals surface area contributed by atoms with Crippen LogP contribution in [0.4, 0.5) is 0 Å². The Morgan fingerprint density at radius 2 is 2.31 bits per heavy atom. The molecule has 1 aromatic rings. The second-order valence-corrected chi connectivity index (χ2v) is 2.74. The maximum absolute atomic E-state index is 11.0. The van der Waals surface area contributed by atoms with Crippen molar-refractivity contribution in [2.24, 2.45) is 0 Å². The van der Waals surface area contributed by atoms with E-state index >= 15 is 0 Å². The molecule has 0 aliphatic rings. The summed E-state index contributed by atoms with van der Waals surface area (Å²) in [4.78, 5) is 11.0. The van der Waals surface area contributed by atoms with Gasteiger partial charge in [0.15, 0.2) is 0 Å². The Hall–Kier alpha value is -1.57. The van der Waals surface area contributed by atoms with Crippen molar-refractivity contribution in [3.8, 4) is 0 Å². The zero-order valence-electron chi connectivity index (χ0n) is 9.10. The van der Waals surface area contributed by atoms with Crippen LogP contribution in [0.25, 0.3) is 0 Å². The predicted octanol–water partition coefficient (Wildman–Crippen LogP) is 2.43. The highest BCUT2D eigenvalue weighted by Crippen LogP contribution is 2.19. The molecule has 1 unspecified atom stereocenters. The number of hydrogen-bond acceptors (Lipinski definition) is 1. The van der Waals surface area contributed by atoms with Gasteiger partial charge in [-0.1, -0.05) is 36.4 Å². The van der Waals surface area contributed by atoms with Gasteiger partial charge < -0.3 is 5.11 Å². The van der Waals surface area contributed by atoms with Gasteiger partial charge in [0.25, 0.3) is 0 Å². The normalized spacial score (nSPS) is 13.8. The van der Waals surface area contributed by atoms with E-state index in [1.54, 1.807) is 24.3 Å². The van der Waals surface area contributed by atoms with Crippen molar-refractivity contribution >= 4 is 5.97 Å². The quantitative estimate of drug-likeness (QED) is 0.719. The summed E-state index contributed by atoms with van der Waals surface area (Å²) in [5, 5.41) is 8.99. The summed E-state index contributed by atoms with van der Waals surface area (Å²) >= 11 is 0. The molecule has 13 heavy (non-hydrogen) atoms. The van der Waals surface area contributed by atoms with Gasteiger partial charge in [-0.25, -0.2) is 0 Å². The lowest BCUT2D eigenvalue weighted by Crippen LogP contribution is -2.10. The van der Waals surface area contributed by atoms with E-state index in [9.17, 15) is 4.79 Å². The lowest BCUT2D eigenvalue weighted by Gasteiger charge is -2.09. The molecule has 0 bridgehead atoms. The molecule has 0 amide bonds. The van der Waals surface area contributed by atoms with Crippen molar-refractivity contribution in [1.82, 2.24) is 0 Å². The van der Waals surface area contributed by atoms with E-state index in [1.807, 2.05) is 6.07 Å². The minimum Gasteiger partial charge on any atom is -0.481 e. The van der Waals surface area contributed by atoms with Crippen LogP contribution in [0.15, 0.2) is 42.9 Å². The highest BCUT2D eigenvalue weighted by molar-refractivity contribution is 5.76. The number of aliphatic carboxylic acids is 1. The van der Waals surface area contributed by atoms with Crippen molar-refractivity contribution in [3.63, 3.8) is 0 Å². The van der Waals surface area contributed by atoms with Crippen molar-refractivity contribution in [2.75, 3.05) is 0 Å². The van der Waals surface area contributed by atoms with E-state index in [4.69, 9.17) is 7.85 Å². The molecule has 0 aromatic heterocycles. The maximum atomic E-state index is 11.0. The molecule has 1 N–H and O–H groups in total. The largest absolute Gasteiger partial charge is 0.481 e. The van der Waals surface area contributed by atoms with Gasteiger partial charge in [0, 0.05) is 0 Å². The molecule has 68 valence electrons. The first-order valence-corrected chi connectivity index (χ1v) is 4.02. The van der Waals surface area contributed by atoms with Crippen molar-refractivity contribution < 1.29 is 12.6 Å². The number of carbonyl (C=O) groups is 1. The van der Waals surface area contributed by atoms with E-state index in [2.05, 4.69) is 0 Å². The van der Waals surface area contributed by atoms with Gasteiger partial charge in [0.05, 0.1) is 8.66 Å². The third-order valence-corrected chi connectivity index (χ3v) is 1.85. The minimum absolute atomic E-state index is 0.182. The monoisotopic (exact) mass is 178 g/mol. The van der Waals surface area contributed by atoms with E-state index < -0.39 is 11.9 Å². The summed E-state index contributed by atoms with van der Waals surface area (Å²) in [5.41, 5.74) is 0.697. The average molecular weight is 178 g/mol. The van der Waals surface area contributed by atoms with Gasteiger partial charge in [-0.2, -0.15) is 0 Å². The van der Waals surface area contributed by atoms with E-state index in [1.165, 1.54) is 6.08 Å². The van der Waals surface area contributed by atoms with Gasteiger partial charge in [-0.05, 0) is 12.0 Å². The predicted molar refractivity (Wildman–Crippen MR) is 51.6 cm³/mol. The smallest absolute Gasteiger partial charge is 0.311 e. The Labute approximate surface area is 80.3 Å². The van der Waals surface area contributed by atoms with Gasteiger partial charge in [-0.15, -0.1) is 6.53 Å². The van der Waals surface area contributed by atoms with Crippen molar-refractivity contribution in [2.45, 2.75) is 12.3 Å². The van der Waals surface area contributed by atoms with Gasteiger partial charge in [0.1, 0.15) is 0 Å².